The number of likely N-dealkylation sites (N-methyl/N-ethyl adjacent to an activating group) is 1. The lowest BCUT2D eigenvalue weighted by Gasteiger charge is -2.33. The first-order valence-corrected chi connectivity index (χ1v) is 15.9. The molecule has 0 aliphatic carbocycles. The number of carbonyl (C=O) groups is 2. The van der Waals surface area contributed by atoms with Gasteiger partial charge in [0.15, 0.2) is 0 Å². The minimum atomic E-state index is -0.574. The van der Waals surface area contributed by atoms with E-state index in [1.807, 2.05) is 47.0 Å². The van der Waals surface area contributed by atoms with Crippen molar-refractivity contribution < 1.29 is 18.7 Å². The zero-order valence-corrected chi connectivity index (χ0v) is 27.1. The van der Waals surface area contributed by atoms with Crippen molar-refractivity contribution in [3.8, 4) is 11.1 Å². The summed E-state index contributed by atoms with van der Waals surface area (Å²) in [7, 11) is 3.72. The van der Waals surface area contributed by atoms with Crippen molar-refractivity contribution in [1.29, 1.82) is 0 Å². The molecule has 0 bridgehead atoms. The summed E-state index contributed by atoms with van der Waals surface area (Å²) in [5.41, 5.74) is 4.02. The summed E-state index contributed by atoms with van der Waals surface area (Å²) in [6, 6.07) is 17.7. The van der Waals surface area contributed by atoms with Gasteiger partial charge in [-0.1, -0.05) is 18.2 Å². The van der Waals surface area contributed by atoms with Gasteiger partial charge in [-0.2, -0.15) is 0 Å². The summed E-state index contributed by atoms with van der Waals surface area (Å²) in [4.78, 5) is 49.9. The first kappa shape index (κ1) is 31.1. The predicted molar refractivity (Wildman–Crippen MR) is 183 cm³/mol. The summed E-state index contributed by atoms with van der Waals surface area (Å²) >= 11 is 0. The van der Waals surface area contributed by atoms with E-state index in [0.29, 0.717) is 40.4 Å². The highest BCUT2D eigenvalue weighted by Crippen LogP contribution is 2.37. The molecule has 11 nitrogen and oxygen atoms in total. The molecular weight excluding hydrogens is 613 g/mol. The number of anilines is 4. The molecule has 12 heteroatoms. The molecule has 2 aromatic carbocycles. The number of piperazine rings is 1. The van der Waals surface area contributed by atoms with E-state index in [-0.39, 0.29) is 30.3 Å². The molecule has 0 radical (unpaired) electrons. The second-order valence-corrected chi connectivity index (χ2v) is 12.3. The van der Waals surface area contributed by atoms with Crippen molar-refractivity contribution in [3.63, 3.8) is 0 Å². The molecule has 0 atom stereocenters. The summed E-state index contributed by atoms with van der Waals surface area (Å²) in [6.45, 7) is 5.65. The van der Waals surface area contributed by atoms with Crippen LogP contribution in [0.2, 0.25) is 0 Å². The Balaban J connectivity index is 1.25. The number of carbonyl (C=O) groups excluding carboxylic acids is 2. The molecule has 0 spiro atoms. The number of benzene rings is 2. The fourth-order valence-electron chi connectivity index (χ4n) is 6.54. The van der Waals surface area contributed by atoms with Crippen LogP contribution in [-0.2, 0) is 29.7 Å². The Labute approximate surface area is 276 Å². The van der Waals surface area contributed by atoms with Gasteiger partial charge in [0.2, 0.25) is 0 Å². The van der Waals surface area contributed by atoms with Gasteiger partial charge in [-0.3, -0.25) is 14.4 Å². The third kappa shape index (κ3) is 5.90. The molecule has 3 aromatic heterocycles. The van der Waals surface area contributed by atoms with Crippen molar-refractivity contribution in [2.24, 2.45) is 7.05 Å². The number of para-hydroxylation sites is 1. The average Bonchev–Trinajstić information content (AvgIpc) is 3.46. The fraction of sp³-hybridized carbons (Fsp3) is 0.278. The largest absolute Gasteiger partial charge is 0.461 e. The Morgan fingerprint density at radius 2 is 1.75 bits per heavy atom. The first-order valence-electron chi connectivity index (χ1n) is 15.9. The lowest BCUT2D eigenvalue weighted by Crippen LogP contribution is -2.44. The Hall–Kier alpha value is -5.49. The van der Waals surface area contributed by atoms with Gasteiger partial charge in [0.25, 0.3) is 11.5 Å². The van der Waals surface area contributed by atoms with E-state index in [2.05, 4.69) is 27.1 Å². The minimum Gasteiger partial charge on any atom is -0.461 e. The molecular formula is C36H36FN7O4. The third-order valence-corrected chi connectivity index (χ3v) is 9.10. The number of pyridine rings is 2. The second kappa shape index (κ2) is 12.6. The molecule has 1 fully saturated rings. The molecule has 2 aliphatic heterocycles. The number of fused-ring (bicyclic) bond motifs is 3. The van der Waals surface area contributed by atoms with Crippen LogP contribution in [0.1, 0.15) is 23.0 Å². The van der Waals surface area contributed by atoms with Crippen molar-refractivity contribution in [2.45, 2.75) is 20.1 Å². The normalized spacial score (nSPS) is 15.1. The molecule has 7 rings (SSSR count). The van der Waals surface area contributed by atoms with Crippen LogP contribution in [0.15, 0.2) is 77.9 Å². The standard InChI is InChI=1S/C36H36FN7O4/c1-23(45)48-22-29-28(18-26(37)19-32(29)44-15-14-43-31-7-5-4-6-24(31)17-33(43)36(44)47)25-16-30(35(46)41(3)21-25)39-34-9-8-27(20-38-34)42-12-10-40(2)11-13-42/h4-9,16-21H,10-15,22H2,1-3H3,(H,38,39). The van der Waals surface area contributed by atoms with Gasteiger partial charge in [-0.25, -0.2) is 9.37 Å². The van der Waals surface area contributed by atoms with Crippen LogP contribution >= 0.6 is 0 Å². The lowest BCUT2D eigenvalue weighted by molar-refractivity contribution is -0.142. The maximum Gasteiger partial charge on any atom is 0.302 e. The van der Waals surface area contributed by atoms with E-state index in [4.69, 9.17) is 4.74 Å². The van der Waals surface area contributed by atoms with Gasteiger partial charge in [0, 0.05) is 81.5 Å². The van der Waals surface area contributed by atoms with Crippen molar-refractivity contribution in [2.75, 3.05) is 54.9 Å². The fourth-order valence-corrected chi connectivity index (χ4v) is 6.54. The number of esters is 1. The summed E-state index contributed by atoms with van der Waals surface area (Å²) in [5.74, 6) is -0.895. The highest BCUT2D eigenvalue weighted by Gasteiger charge is 2.30. The van der Waals surface area contributed by atoms with E-state index >= 15 is 4.39 Å². The predicted octanol–water partition coefficient (Wildman–Crippen LogP) is 4.76. The van der Waals surface area contributed by atoms with Crippen LogP contribution in [0.3, 0.4) is 0 Å². The first-order chi connectivity index (χ1) is 23.2. The van der Waals surface area contributed by atoms with Crippen molar-refractivity contribution >= 4 is 45.7 Å². The Bertz CT molecular complexity index is 2100. The molecule has 246 valence electrons. The van der Waals surface area contributed by atoms with Crippen molar-refractivity contribution in [3.05, 3.63) is 100 Å². The number of ether oxygens (including phenoxy) is 1. The number of nitrogens with zero attached hydrogens (tertiary/aromatic N) is 6. The van der Waals surface area contributed by atoms with Gasteiger partial charge in [0.05, 0.1) is 17.6 Å². The van der Waals surface area contributed by atoms with E-state index in [1.54, 1.807) is 25.5 Å². The van der Waals surface area contributed by atoms with Crippen LogP contribution in [0.4, 0.5) is 27.3 Å². The maximum atomic E-state index is 15.5. The number of hydrogen-bond donors (Lipinski definition) is 1. The molecule has 1 saturated heterocycles. The minimum absolute atomic E-state index is 0.200. The maximum absolute atomic E-state index is 15.5. The van der Waals surface area contributed by atoms with E-state index in [9.17, 15) is 14.4 Å². The number of hydrogen-bond acceptors (Lipinski definition) is 8. The number of rotatable bonds is 7. The van der Waals surface area contributed by atoms with Gasteiger partial charge >= 0.3 is 5.97 Å². The zero-order valence-electron chi connectivity index (χ0n) is 27.1. The van der Waals surface area contributed by atoms with Gasteiger partial charge in [-0.05, 0) is 55.1 Å². The number of aromatic nitrogens is 3. The molecule has 1 amide bonds. The van der Waals surface area contributed by atoms with Crippen LogP contribution in [0, 0.1) is 5.82 Å². The van der Waals surface area contributed by atoms with Crippen LogP contribution in [0.25, 0.3) is 22.0 Å². The summed E-state index contributed by atoms with van der Waals surface area (Å²) in [6.07, 6.45) is 3.39. The number of amides is 1. The molecule has 2 aliphatic rings. The van der Waals surface area contributed by atoms with Crippen LogP contribution in [-0.4, -0.2) is 70.7 Å². The second-order valence-electron chi connectivity index (χ2n) is 12.3. The molecule has 1 N–H and O–H groups in total. The lowest BCUT2D eigenvalue weighted by atomic mass is 9.97. The molecule has 5 heterocycles. The van der Waals surface area contributed by atoms with E-state index in [1.165, 1.54) is 28.5 Å². The third-order valence-electron chi connectivity index (χ3n) is 9.10. The number of halogens is 1. The van der Waals surface area contributed by atoms with Gasteiger partial charge in [-0.15, -0.1) is 0 Å². The van der Waals surface area contributed by atoms with Crippen molar-refractivity contribution in [1.82, 2.24) is 19.0 Å². The summed E-state index contributed by atoms with van der Waals surface area (Å²) < 4.78 is 24.4. The quantitative estimate of drug-likeness (QED) is 0.252. The Kier molecular flexibility index (Phi) is 8.17. The molecule has 0 saturated carbocycles. The molecule has 48 heavy (non-hydrogen) atoms. The highest BCUT2D eigenvalue weighted by atomic mass is 19.1. The topological polar surface area (TPSA) is 105 Å². The Morgan fingerprint density at radius 1 is 0.958 bits per heavy atom. The van der Waals surface area contributed by atoms with E-state index in [0.717, 1.165) is 42.8 Å². The van der Waals surface area contributed by atoms with E-state index < -0.39 is 11.8 Å². The van der Waals surface area contributed by atoms with Gasteiger partial charge < -0.3 is 33.9 Å². The highest BCUT2D eigenvalue weighted by molar-refractivity contribution is 6.09. The number of aryl methyl sites for hydroxylation is 1. The molecule has 5 aromatic rings. The smallest absolute Gasteiger partial charge is 0.302 e. The average molecular weight is 650 g/mol. The molecule has 0 unspecified atom stereocenters. The Morgan fingerprint density at radius 3 is 2.50 bits per heavy atom. The zero-order chi connectivity index (χ0) is 33.5. The monoisotopic (exact) mass is 649 g/mol. The van der Waals surface area contributed by atoms with Crippen LogP contribution in [0.5, 0.6) is 0 Å². The SMILES string of the molecule is CC(=O)OCc1c(-c2cc(Nc3ccc(N4CCN(C)CC4)cn3)c(=O)n(C)c2)cc(F)cc1N1CCn2c(cc3ccccc32)C1=O. The number of nitrogens with one attached hydrogen (secondary N) is 1. The van der Waals surface area contributed by atoms with Crippen LogP contribution < -0.4 is 20.7 Å². The van der Waals surface area contributed by atoms with Gasteiger partial charge in [0.1, 0.15) is 29.6 Å². The summed E-state index contributed by atoms with van der Waals surface area (Å²) in [5, 5.41) is 4.08.